The topological polar surface area (TPSA) is 45.0 Å². The highest BCUT2D eigenvalue weighted by atomic mass is 35.5. The zero-order valence-electron chi connectivity index (χ0n) is 11.5. The molecular formula is C16H14ClFN2O. The van der Waals surface area contributed by atoms with Crippen LogP contribution >= 0.6 is 11.6 Å². The molecular weight excluding hydrogens is 291 g/mol. The molecule has 0 fully saturated rings. The molecule has 0 aliphatic heterocycles. The number of halogens is 2. The highest BCUT2D eigenvalue weighted by molar-refractivity contribution is 6.30. The molecule has 0 saturated carbocycles. The van der Waals surface area contributed by atoms with E-state index in [4.69, 9.17) is 16.3 Å². The number of benzene rings is 2. The summed E-state index contributed by atoms with van der Waals surface area (Å²) in [5, 5.41) is 12.4. The third-order valence-electron chi connectivity index (χ3n) is 2.86. The standard InChI is InChI=1S/C16H14ClFN2O/c1-2-20-10-11-3-6-16(12(7-11)9-19)21-13-4-5-15(18)14(17)8-13/h3-8,20H,2,10H2,1H3. The van der Waals surface area contributed by atoms with E-state index in [1.807, 2.05) is 13.0 Å². The van der Waals surface area contributed by atoms with E-state index < -0.39 is 5.82 Å². The van der Waals surface area contributed by atoms with Gasteiger partial charge in [0.1, 0.15) is 23.4 Å². The Hall–Kier alpha value is -2.09. The Balaban J connectivity index is 2.23. The second-order valence-electron chi connectivity index (χ2n) is 4.40. The number of ether oxygens (including phenoxy) is 1. The van der Waals surface area contributed by atoms with Crippen LogP contribution in [0, 0.1) is 17.1 Å². The zero-order chi connectivity index (χ0) is 15.2. The first-order valence-corrected chi connectivity index (χ1v) is 6.88. The predicted molar refractivity (Wildman–Crippen MR) is 80.0 cm³/mol. The molecule has 2 rings (SSSR count). The van der Waals surface area contributed by atoms with Gasteiger partial charge >= 0.3 is 0 Å². The number of rotatable bonds is 5. The van der Waals surface area contributed by atoms with Gasteiger partial charge in [-0.15, -0.1) is 0 Å². The lowest BCUT2D eigenvalue weighted by atomic mass is 10.1. The van der Waals surface area contributed by atoms with Gasteiger partial charge in [0.25, 0.3) is 0 Å². The van der Waals surface area contributed by atoms with Crippen LogP contribution in [0.15, 0.2) is 36.4 Å². The lowest BCUT2D eigenvalue weighted by Crippen LogP contribution is -2.11. The average molecular weight is 305 g/mol. The molecule has 2 aromatic rings. The minimum atomic E-state index is -0.509. The number of nitriles is 1. The molecule has 5 heteroatoms. The van der Waals surface area contributed by atoms with Crippen LogP contribution in [0.3, 0.4) is 0 Å². The zero-order valence-corrected chi connectivity index (χ0v) is 12.2. The summed E-state index contributed by atoms with van der Waals surface area (Å²) in [5.74, 6) is 0.295. The minimum Gasteiger partial charge on any atom is -0.456 e. The number of hydrogen-bond acceptors (Lipinski definition) is 3. The van der Waals surface area contributed by atoms with E-state index in [2.05, 4.69) is 11.4 Å². The monoisotopic (exact) mass is 304 g/mol. The summed E-state index contributed by atoms with van der Waals surface area (Å²) in [6.45, 7) is 3.56. The first-order valence-electron chi connectivity index (χ1n) is 6.50. The van der Waals surface area contributed by atoms with Gasteiger partial charge in [-0.25, -0.2) is 4.39 Å². The lowest BCUT2D eigenvalue weighted by molar-refractivity contribution is 0.478. The SMILES string of the molecule is CCNCc1ccc(Oc2ccc(F)c(Cl)c2)c(C#N)c1. The summed E-state index contributed by atoms with van der Waals surface area (Å²) in [6.07, 6.45) is 0. The summed E-state index contributed by atoms with van der Waals surface area (Å²) in [5.41, 5.74) is 1.42. The molecule has 0 atom stereocenters. The molecule has 2 aromatic carbocycles. The first kappa shape index (κ1) is 15.3. The maximum absolute atomic E-state index is 13.1. The van der Waals surface area contributed by atoms with Crippen LogP contribution in [0.4, 0.5) is 4.39 Å². The van der Waals surface area contributed by atoms with Crippen LogP contribution in [0.1, 0.15) is 18.1 Å². The van der Waals surface area contributed by atoms with Crippen LogP contribution in [0.25, 0.3) is 0 Å². The van der Waals surface area contributed by atoms with Crippen molar-refractivity contribution in [2.24, 2.45) is 0 Å². The van der Waals surface area contributed by atoms with Crippen molar-refractivity contribution in [3.8, 4) is 17.6 Å². The average Bonchev–Trinajstić information content (AvgIpc) is 2.50. The van der Waals surface area contributed by atoms with Gasteiger partial charge in [-0.1, -0.05) is 24.6 Å². The minimum absolute atomic E-state index is 0.0187. The van der Waals surface area contributed by atoms with Crippen molar-refractivity contribution in [2.45, 2.75) is 13.5 Å². The predicted octanol–water partition coefficient (Wildman–Crippen LogP) is 4.25. The smallest absolute Gasteiger partial charge is 0.145 e. The molecule has 3 nitrogen and oxygen atoms in total. The Labute approximate surface area is 127 Å². The van der Waals surface area contributed by atoms with E-state index in [0.717, 1.165) is 12.1 Å². The number of nitrogens with zero attached hydrogens (tertiary/aromatic N) is 1. The summed E-state index contributed by atoms with van der Waals surface area (Å²) in [4.78, 5) is 0. The second-order valence-corrected chi connectivity index (χ2v) is 4.81. The second kappa shape index (κ2) is 7.07. The third-order valence-corrected chi connectivity index (χ3v) is 3.15. The largest absolute Gasteiger partial charge is 0.456 e. The van der Waals surface area contributed by atoms with Gasteiger partial charge < -0.3 is 10.1 Å². The number of hydrogen-bond donors (Lipinski definition) is 1. The highest BCUT2D eigenvalue weighted by Gasteiger charge is 2.08. The molecule has 0 aliphatic carbocycles. The summed E-state index contributed by atoms with van der Waals surface area (Å²) >= 11 is 5.71. The Morgan fingerprint density at radius 2 is 2.10 bits per heavy atom. The van der Waals surface area contributed by atoms with Crippen LogP contribution in [-0.2, 0) is 6.54 Å². The van der Waals surface area contributed by atoms with Gasteiger partial charge in [-0.05, 0) is 36.4 Å². The Morgan fingerprint density at radius 3 is 2.76 bits per heavy atom. The highest BCUT2D eigenvalue weighted by Crippen LogP contribution is 2.28. The van der Waals surface area contributed by atoms with E-state index in [1.54, 1.807) is 12.1 Å². The molecule has 0 heterocycles. The van der Waals surface area contributed by atoms with Gasteiger partial charge in [0.15, 0.2) is 0 Å². The molecule has 0 radical (unpaired) electrons. The normalized spacial score (nSPS) is 10.2. The van der Waals surface area contributed by atoms with Crippen molar-refractivity contribution < 1.29 is 9.13 Å². The maximum Gasteiger partial charge on any atom is 0.145 e. The van der Waals surface area contributed by atoms with E-state index in [9.17, 15) is 9.65 Å². The van der Waals surface area contributed by atoms with Crippen molar-refractivity contribution in [3.05, 3.63) is 58.4 Å². The van der Waals surface area contributed by atoms with Crippen molar-refractivity contribution in [1.82, 2.24) is 5.32 Å². The molecule has 21 heavy (non-hydrogen) atoms. The van der Waals surface area contributed by atoms with E-state index in [1.165, 1.54) is 18.2 Å². The Bertz CT molecular complexity index is 682. The van der Waals surface area contributed by atoms with Crippen LogP contribution in [-0.4, -0.2) is 6.54 Å². The summed E-state index contributed by atoms with van der Waals surface area (Å²) in [7, 11) is 0. The van der Waals surface area contributed by atoms with Crippen molar-refractivity contribution in [1.29, 1.82) is 5.26 Å². The first-order chi connectivity index (χ1) is 10.1. The van der Waals surface area contributed by atoms with Gasteiger partial charge in [-0.3, -0.25) is 0 Å². The quantitative estimate of drug-likeness (QED) is 0.898. The molecule has 108 valence electrons. The van der Waals surface area contributed by atoms with Crippen LogP contribution in [0.2, 0.25) is 5.02 Å². The molecule has 0 aliphatic rings. The molecule has 0 unspecified atom stereocenters. The third kappa shape index (κ3) is 3.94. The van der Waals surface area contributed by atoms with Gasteiger partial charge in [-0.2, -0.15) is 5.26 Å². The lowest BCUT2D eigenvalue weighted by Gasteiger charge is -2.10. The fourth-order valence-electron chi connectivity index (χ4n) is 1.80. The van der Waals surface area contributed by atoms with Crippen molar-refractivity contribution >= 4 is 11.6 Å². The summed E-state index contributed by atoms with van der Waals surface area (Å²) in [6, 6.07) is 11.5. The molecule has 0 saturated heterocycles. The van der Waals surface area contributed by atoms with Crippen LogP contribution < -0.4 is 10.1 Å². The molecule has 0 amide bonds. The van der Waals surface area contributed by atoms with E-state index in [0.29, 0.717) is 23.6 Å². The van der Waals surface area contributed by atoms with E-state index >= 15 is 0 Å². The van der Waals surface area contributed by atoms with Gasteiger partial charge in [0.2, 0.25) is 0 Å². The van der Waals surface area contributed by atoms with Gasteiger partial charge in [0.05, 0.1) is 10.6 Å². The van der Waals surface area contributed by atoms with E-state index in [-0.39, 0.29) is 5.02 Å². The number of nitrogens with one attached hydrogen (secondary N) is 1. The molecule has 0 aromatic heterocycles. The Kier molecular flexibility index (Phi) is 5.15. The maximum atomic E-state index is 13.1. The molecule has 0 bridgehead atoms. The fourth-order valence-corrected chi connectivity index (χ4v) is 1.97. The Morgan fingerprint density at radius 1 is 1.29 bits per heavy atom. The van der Waals surface area contributed by atoms with Crippen molar-refractivity contribution in [3.63, 3.8) is 0 Å². The van der Waals surface area contributed by atoms with Gasteiger partial charge in [0, 0.05) is 12.6 Å². The summed E-state index contributed by atoms with van der Waals surface area (Å²) < 4.78 is 18.7. The molecule has 0 spiro atoms. The molecule has 1 N–H and O–H groups in total. The van der Waals surface area contributed by atoms with Crippen LogP contribution in [0.5, 0.6) is 11.5 Å². The fraction of sp³-hybridized carbons (Fsp3) is 0.188. The van der Waals surface area contributed by atoms with Crippen molar-refractivity contribution in [2.75, 3.05) is 6.54 Å².